The van der Waals surface area contributed by atoms with Crippen LogP contribution in [0.2, 0.25) is 0 Å². The Morgan fingerprint density at radius 3 is 2.12 bits per heavy atom. The molecule has 0 saturated carbocycles. The lowest BCUT2D eigenvalue weighted by molar-refractivity contribution is -0.147. The van der Waals surface area contributed by atoms with Crippen LogP contribution in [-0.4, -0.2) is 44.3 Å². The van der Waals surface area contributed by atoms with Gasteiger partial charge in [0.2, 0.25) is 0 Å². The van der Waals surface area contributed by atoms with E-state index in [0.717, 1.165) is 22.3 Å². The van der Waals surface area contributed by atoms with Crippen LogP contribution in [-0.2, 0) is 27.3 Å². The normalized spacial score (nSPS) is 16.9. The van der Waals surface area contributed by atoms with Crippen LogP contribution in [0.1, 0.15) is 28.3 Å². The van der Waals surface area contributed by atoms with Crippen molar-refractivity contribution in [3.63, 3.8) is 0 Å². The van der Waals surface area contributed by atoms with Gasteiger partial charge in [0.1, 0.15) is 12.6 Å². The number of methoxy groups -OCH3 is 3. The van der Waals surface area contributed by atoms with E-state index in [1.807, 2.05) is 72.8 Å². The van der Waals surface area contributed by atoms with Crippen molar-refractivity contribution < 1.29 is 28.5 Å². The standard InChI is InChI=1S/C27H27NO6/c1-31-23-15-20-14-22(26(29)33-3)28(27(30)34-17-18-10-6-4-7-11-18)25(19-12-8-5-9-13-19)21(20)16-24(23)32-2/h4-13,15-16,22,25H,14,17H2,1-3H3/t22-,25+/m0/s1. The lowest BCUT2D eigenvalue weighted by Gasteiger charge is -2.41. The van der Waals surface area contributed by atoms with Gasteiger partial charge in [-0.05, 0) is 34.4 Å². The van der Waals surface area contributed by atoms with Crippen molar-refractivity contribution in [3.05, 3.63) is 95.1 Å². The number of fused-ring (bicyclic) bond motifs is 1. The number of nitrogens with zero attached hydrogens (tertiary/aromatic N) is 1. The molecule has 0 saturated heterocycles. The highest BCUT2D eigenvalue weighted by Crippen LogP contribution is 2.43. The first-order valence-corrected chi connectivity index (χ1v) is 10.9. The van der Waals surface area contributed by atoms with Gasteiger partial charge in [-0.3, -0.25) is 4.90 Å². The van der Waals surface area contributed by atoms with Crippen LogP contribution in [0.4, 0.5) is 4.79 Å². The minimum absolute atomic E-state index is 0.0877. The number of ether oxygens (including phenoxy) is 4. The van der Waals surface area contributed by atoms with Crippen molar-refractivity contribution in [1.82, 2.24) is 4.90 Å². The summed E-state index contributed by atoms with van der Waals surface area (Å²) in [5, 5.41) is 0. The van der Waals surface area contributed by atoms with E-state index in [0.29, 0.717) is 11.5 Å². The maximum Gasteiger partial charge on any atom is 0.411 e. The van der Waals surface area contributed by atoms with Crippen LogP contribution < -0.4 is 9.47 Å². The molecule has 3 aromatic rings. The zero-order chi connectivity index (χ0) is 24.1. The Balaban J connectivity index is 1.81. The van der Waals surface area contributed by atoms with Crippen molar-refractivity contribution >= 4 is 12.1 Å². The average molecular weight is 462 g/mol. The van der Waals surface area contributed by atoms with Crippen molar-refractivity contribution in [3.8, 4) is 11.5 Å². The third-order valence-electron chi connectivity index (χ3n) is 5.97. The van der Waals surface area contributed by atoms with Crippen molar-refractivity contribution in [2.75, 3.05) is 21.3 Å². The predicted molar refractivity (Wildman–Crippen MR) is 126 cm³/mol. The zero-order valence-corrected chi connectivity index (χ0v) is 19.4. The summed E-state index contributed by atoms with van der Waals surface area (Å²) in [6.07, 6.45) is -0.347. The molecule has 0 N–H and O–H groups in total. The van der Waals surface area contributed by atoms with Gasteiger partial charge in [0.15, 0.2) is 11.5 Å². The van der Waals surface area contributed by atoms with E-state index in [4.69, 9.17) is 18.9 Å². The second-order valence-electron chi connectivity index (χ2n) is 7.91. The number of benzene rings is 3. The van der Waals surface area contributed by atoms with Crippen molar-refractivity contribution in [1.29, 1.82) is 0 Å². The van der Waals surface area contributed by atoms with E-state index in [-0.39, 0.29) is 13.0 Å². The number of carbonyl (C=O) groups is 2. The van der Waals surface area contributed by atoms with Crippen LogP contribution in [0.25, 0.3) is 0 Å². The summed E-state index contributed by atoms with van der Waals surface area (Å²) < 4.78 is 21.8. The molecule has 0 radical (unpaired) electrons. The van der Waals surface area contributed by atoms with Crippen molar-refractivity contribution in [2.24, 2.45) is 0 Å². The van der Waals surface area contributed by atoms with Gasteiger partial charge in [-0.15, -0.1) is 0 Å². The SMILES string of the molecule is COC(=O)[C@@H]1Cc2cc(OC)c(OC)cc2[C@@H](c2ccccc2)N1C(=O)OCc1ccccc1. The van der Waals surface area contributed by atoms with Gasteiger partial charge < -0.3 is 18.9 Å². The number of hydrogen-bond acceptors (Lipinski definition) is 6. The first kappa shape index (κ1) is 23.2. The Morgan fingerprint density at radius 2 is 1.50 bits per heavy atom. The van der Waals surface area contributed by atoms with E-state index in [1.165, 1.54) is 12.0 Å². The smallest absolute Gasteiger partial charge is 0.411 e. The number of amides is 1. The lowest BCUT2D eigenvalue weighted by atomic mass is 9.84. The molecule has 1 amide bonds. The highest BCUT2D eigenvalue weighted by atomic mass is 16.6. The third-order valence-corrected chi connectivity index (χ3v) is 5.97. The van der Waals surface area contributed by atoms with Gasteiger partial charge in [0.05, 0.1) is 27.4 Å². The number of carbonyl (C=O) groups excluding carboxylic acids is 2. The van der Waals surface area contributed by atoms with Gasteiger partial charge in [-0.1, -0.05) is 60.7 Å². The van der Waals surface area contributed by atoms with E-state index in [1.54, 1.807) is 14.2 Å². The fourth-order valence-corrected chi connectivity index (χ4v) is 4.34. The zero-order valence-electron chi connectivity index (χ0n) is 19.4. The van der Waals surface area contributed by atoms with E-state index < -0.39 is 24.1 Å². The third kappa shape index (κ3) is 4.55. The topological polar surface area (TPSA) is 74.3 Å². The molecule has 1 heterocycles. The van der Waals surface area contributed by atoms with Gasteiger partial charge in [0.25, 0.3) is 0 Å². The van der Waals surface area contributed by atoms with Gasteiger partial charge >= 0.3 is 12.1 Å². The molecule has 3 aromatic carbocycles. The van der Waals surface area contributed by atoms with Crippen LogP contribution in [0.5, 0.6) is 11.5 Å². The highest BCUT2D eigenvalue weighted by molar-refractivity contribution is 5.83. The monoisotopic (exact) mass is 461 g/mol. The molecule has 176 valence electrons. The molecule has 0 aromatic heterocycles. The molecular weight excluding hydrogens is 434 g/mol. The van der Waals surface area contributed by atoms with Crippen LogP contribution in [0.3, 0.4) is 0 Å². The minimum Gasteiger partial charge on any atom is -0.493 e. The van der Waals surface area contributed by atoms with Gasteiger partial charge in [-0.25, -0.2) is 9.59 Å². The summed E-state index contributed by atoms with van der Waals surface area (Å²) in [5.74, 6) is 0.575. The molecule has 4 rings (SSSR count). The Labute approximate surface area is 198 Å². The fraction of sp³-hybridized carbons (Fsp3) is 0.259. The summed E-state index contributed by atoms with van der Waals surface area (Å²) in [6.45, 7) is 0.0877. The number of hydrogen-bond donors (Lipinski definition) is 0. The Hall–Kier alpha value is -4.00. The van der Waals surface area contributed by atoms with E-state index in [2.05, 4.69) is 0 Å². The Bertz CT molecular complexity index is 1150. The summed E-state index contributed by atoms with van der Waals surface area (Å²) in [5.41, 5.74) is 3.39. The minimum atomic E-state index is -0.871. The second-order valence-corrected chi connectivity index (χ2v) is 7.91. The first-order chi connectivity index (χ1) is 16.6. The molecule has 1 aliphatic heterocycles. The van der Waals surface area contributed by atoms with E-state index >= 15 is 0 Å². The molecule has 0 aliphatic carbocycles. The fourth-order valence-electron chi connectivity index (χ4n) is 4.34. The summed E-state index contributed by atoms with van der Waals surface area (Å²) in [6, 6.07) is 21.2. The first-order valence-electron chi connectivity index (χ1n) is 10.9. The second kappa shape index (κ2) is 10.3. The molecule has 1 aliphatic rings. The van der Waals surface area contributed by atoms with Gasteiger partial charge in [-0.2, -0.15) is 0 Å². The summed E-state index contributed by atoms with van der Waals surface area (Å²) in [7, 11) is 4.44. The Morgan fingerprint density at radius 1 is 0.882 bits per heavy atom. The predicted octanol–water partition coefficient (Wildman–Crippen LogP) is 4.53. The molecule has 7 nitrogen and oxygen atoms in total. The molecule has 0 spiro atoms. The average Bonchev–Trinajstić information content (AvgIpc) is 2.90. The van der Waals surface area contributed by atoms with Gasteiger partial charge in [0, 0.05) is 6.42 Å². The molecule has 7 heteroatoms. The molecule has 0 fully saturated rings. The summed E-state index contributed by atoms with van der Waals surface area (Å²) in [4.78, 5) is 27.9. The maximum atomic E-state index is 13.5. The largest absolute Gasteiger partial charge is 0.493 e. The van der Waals surface area contributed by atoms with Crippen LogP contribution in [0.15, 0.2) is 72.8 Å². The Kier molecular flexibility index (Phi) is 7.01. The van der Waals surface area contributed by atoms with E-state index in [9.17, 15) is 9.59 Å². The highest BCUT2D eigenvalue weighted by Gasteiger charge is 2.44. The van der Waals surface area contributed by atoms with Crippen LogP contribution in [0, 0.1) is 0 Å². The molecular formula is C27H27NO6. The van der Waals surface area contributed by atoms with Crippen molar-refractivity contribution in [2.45, 2.75) is 25.1 Å². The lowest BCUT2D eigenvalue weighted by Crippen LogP contribution is -2.52. The molecule has 2 atom stereocenters. The quantitative estimate of drug-likeness (QED) is 0.502. The number of rotatable bonds is 6. The van der Waals surface area contributed by atoms with Crippen LogP contribution >= 0.6 is 0 Å². The molecule has 0 unspecified atom stereocenters. The molecule has 0 bridgehead atoms. The summed E-state index contributed by atoms with van der Waals surface area (Å²) >= 11 is 0. The number of esters is 1. The molecule has 34 heavy (non-hydrogen) atoms. The maximum absolute atomic E-state index is 13.5.